The van der Waals surface area contributed by atoms with Crippen molar-refractivity contribution in [2.24, 2.45) is 5.92 Å². The monoisotopic (exact) mass is 206 g/mol. The zero-order valence-corrected chi connectivity index (χ0v) is 8.97. The van der Waals surface area contributed by atoms with Crippen LogP contribution in [-0.4, -0.2) is 22.9 Å². The molecule has 2 N–H and O–H groups in total. The van der Waals surface area contributed by atoms with E-state index in [1.54, 1.807) is 24.3 Å². The van der Waals surface area contributed by atoms with Gasteiger partial charge in [-0.1, -0.05) is 38.1 Å². The quantitative estimate of drug-likeness (QED) is 0.572. The molecule has 4 heteroatoms. The standard InChI is InChI=1S/C11H15BO3/c1-8(2)11(13)10-5-3-9(4-6-10)7-12(14)15/h3-6,8,14-15H,7H2,1-2H3. The van der Waals surface area contributed by atoms with Crippen LogP contribution in [0.5, 0.6) is 0 Å². The minimum Gasteiger partial charge on any atom is -0.427 e. The van der Waals surface area contributed by atoms with Crippen LogP contribution in [0.2, 0.25) is 0 Å². The highest BCUT2D eigenvalue weighted by atomic mass is 16.4. The molecule has 0 aliphatic heterocycles. The summed E-state index contributed by atoms with van der Waals surface area (Å²) in [4.78, 5) is 11.6. The summed E-state index contributed by atoms with van der Waals surface area (Å²) in [6.07, 6.45) is 0.191. The van der Waals surface area contributed by atoms with Gasteiger partial charge in [0.1, 0.15) is 0 Å². The Bertz CT molecular complexity index is 330. The van der Waals surface area contributed by atoms with E-state index in [1.165, 1.54) is 0 Å². The van der Waals surface area contributed by atoms with Gasteiger partial charge in [0.2, 0.25) is 0 Å². The van der Waals surface area contributed by atoms with Crippen LogP contribution in [-0.2, 0) is 6.32 Å². The lowest BCUT2D eigenvalue weighted by Crippen LogP contribution is -2.15. The summed E-state index contributed by atoms with van der Waals surface area (Å²) in [6, 6.07) is 6.93. The largest absolute Gasteiger partial charge is 0.456 e. The lowest BCUT2D eigenvalue weighted by molar-refractivity contribution is 0.0939. The summed E-state index contributed by atoms with van der Waals surface area (Å²) >= 11 is 0. The first-order chi connectivity index (χ1) is 7.00. The first kappa shape index (κ1) is 11.9. The van der Waals surface area contributed by atoms with Gasteiger partial charge in [0.05, 0.1) is 0 Å². The third-order valence-corrected chi connectivity index (χ3v) is 2.18. The van der Waals surface area contributed by atoms with Crippen LogP contribution < -0.4 is 0 Å². The van der Waals surface area contributed by atoms with E-state index < -0.39 is 7.12 Å². The van der Waals surface area contributed by atoms with Gasteiger partial charge < -0.3 is 10.0 Å². The number of carbonyl (C=O) groups is 1. The highest BCUT2D eigenvalue weighted by molar-refractivity contribution is 6.40. The molecule has 0 bridgehead atoms. The van der Waals surface area contributed by atoms with Crippen LogP contribution in [0.4, 0.5) is 0 Å². The molecule has 15 heavy (non-hydrogen) atoms. The lowest BCUT2D eigenvalue weighted by atomic mass is 9.82. The van der Waals surface area contributed by atoms with E-state index in [9.17, 15) is 4.79 Å². The molecule has 0 aliphatic rings. The zero-order valence-electron chi connectivity index (χ0n) is 8.97. The van der Waals surface area contributed by atoms with E-state index in [4.69, 9.17) is 10.0 Å². The van der Waals surface area contributed by atoms with E-state index in [0.29, 0.717) is 5.56 Å². The summed E-state index contributed by atoms with van der Waals surface area (Å²) in [5, 5.41) is 17.5. The van der Waals surface area contributed by atoms with Gasteiger partial charge in [-0.3, -0.25) is 4.79 Å². The number of carbonyl (C=O) groups excluding carboxylic acids is 1. The van der Waals surface area contributed by atoms with E-state index >= 15 is 0 Å². The molecule has 0 heterocycles. The van der Waals surface area contributed by atoms with E-state index in [-0.39, 0.29) is 18.0 Å². The molecule has 0 aromatic heterocycles. The maximum atomic E-state index is 11.6. The number of hydrogen-bond acceptors (Lipinski definition) is 3. The first-order valence-corrected chi connectivity index (χ1v) is 5.00. The van der Waals surface area contributed by atoms with Crippen LogP contribution in [0.15, 0.2) is 24.3 Å². The molecule has 1 aromatic rings. The molecule has 0 saturated heterocycles. The molecule has 0 unspecified atom stereocenters. The van der Waals surface area contributed by atoms with Crippen molar-refractivity contribution in [2.75, 3.05) is 0 Å². The van der Waals surface area contributed by atoms with E-state index in [0.717, 1.165) is 5.56 Å². The van der Waals surface area contributed by atoms with Crippen LogP contribution in [0.1, 0.15) is 29.8 Å². The predicted octanol–water partition coefficient (Wildman–Crippen LogP) is 1.08. The number of benzene rings is 1. The van der Waals surface area contributed by atoms with E-state index in [2.05, 4.69) is 0 Å². The lowest BCUT2D eigenvalue weighted by Gasteiger charge is -2.05. The van der Waals surface area contributed by atoms with Crippen LogP contribution in [0.25, 0.3) is 0 Å². The Morgan fingerprint density at radius 3 is 2.20 bits per heavy atom. The fourth-order valence-corrected chi connectivity index (χ4v) is 1.35. The molecule has 3 nitrogen and oxygen atoms in total. The Labute approximate surface area is 89.9 Å². The Morgan fingerprint density at radius 1 is 1.27 bits per heavy atom. The second-order valence-electron chi connectivity index (χ2n) is 3.90. The van der Waals surface area contributed by atoms with Gasteiger partial charge in [0, 0.05) is 17.8 Å². The van der Waals surface area contributed by atoms with Crippen molar-refractivity contribution in [3.8, 4) is 0 Å². The summed E-state index contributed by atoms with van der Waals surface area (Å²) in [5.41, 5.74) is 1.48. The van der Waals surface area contributed by atoms with Crippen LogP contribution in [0, 0.1) is 5.92 Å². The molecule has 1 aromatic carbocycles. The molecular weight excluding hydrogens is 191 g/mol. The molecule has 0 spiro atoms. The molecule has 0 radical (unpaired) electrons. The van der Waals surface area contributed by atoms with Gasteiger partial charge in [0.15, 0.2) is 5.78 Å². The maximum Gasteiger partial charge on any atom is 0.456 e. The second-order valence-corrected chi connectivity index (χ2v) is 3.90. The average molecular weight is 206 g/mol. The zero-order chi connectivity index (χ0) is 11.4. The highest BCUT2D eigenvalue weighted by Crippen LogP contribution is 2.10. The van der Waals surface area contributed by atoms with Gasteiger partial charge in [0.25, 0.3) is 0 Å². The Morgan fingerprint density at radius 2 is 1.80 bits per heavy atom. The number of hydrogen-bond donors (Lipinski definition) is 2. The predicted molar refractivity (Wildman–Crippen MR) is 59.5 cm³/mol. The van der Waals surface area contributed by atoms with Crippen molar-refractivity contribution in [3.63, 3.8) is 0 Å². The Kier molecular flexibility index (Phi) is 4.06. The summed E-state index contributed by atoms with van der Waals surface area (Å²) in [6.45, 7) is 3.71. The fraction of sp³-hybridized carbons (Fsp3) is 0.364. The van der Waals surface area contributed by atoms with Gasteiger partial charge in [-0.25, -0.2) is 0 Å². The second kappa shape index (κ2) is 5.10. The van der Waals surface area contributed by atoms with Gasteiger partial charge in [-0.2, -0.15) is 0 Å². The molecule has 80 valence electrons. The molecular formula is C11H15BO3. The number of rotatable bonds is 4. The average Bonchev–Trinajstić information content (AvgIpc) is 2.17. The van der Waals surface area contributed by atoms with Crippen molar-refractivity contribution in [1.82, 2.24) is 0 Å². The molecule has 0 fully saturated rings. The normalized spacial score (nSPS) is 10.5. The van der Waals surface area contributed by atoms with Gasteiger partial charge in [-0.15, -0.1) is 0 Å². The first-order valence-electron chi connectivity index (χ1n) is 5.00. The minimum absolute atomic E-state index is 0.0146. The highest BCUT2D eigenvalue weighted by Gasteiger charge is 2.11. The van der Waals surface area contributed by atoms with Crippen molar-refractivity contribution in [3.05, 3.63) is 35.4 Å². The van der Waals surface area contributed by atoms with Crippen LogP contribution in [0.3, 0.4) is 0 Å². The van der Waals surface area contributed by atoms with E-state index in [1.807, 2.05) is 13.8 Å². The van der Waals surface area contributed by atoms with Gasteiger partial charge in [-0.05, 0) is 5.56 Å². The third-order valence-electron chi connectivity index (χ3n) is 2.18. The summed E-state index contributed by atoms with van der Waals surface area (Å²) in [7, 11) is -1.34. The maximum absolute atomic E-state index is 11.6. The SMILES string of the molecule is CC(C)C(=O)c1ccc(CB(O)O)cc1. The summed E-state index contributed by atoms with van der Waals surface area (Å²) in [5.74, 6) is 0.0883. The van der Waals surface area contributed by atoms with Gasteiger partial charge >= 0.3 is 7.12 Å². The van der Waals surface area contributed by atoms with Crippen molar-refractivity contribution >= 4 is 12.9 Å². The third kappa shape index (κ3) is 3.49. The fourth-order valence-electron chi connectivity index (χ4n) is 1.35. The van der Waals surface area contributed by atoms with Crippen molar-refractivity contribution < 1.29 is 14.8 Å². The Hall–Kier alpha value is -1.13. The molecule has 1 rings (SSSR count). The van der Waals surface area contributed by atoms with Crippen molar-refractivity contribution in [2.45, 2.75) is 20.2 Å². The molecule has 0 saturated carbocycles. The van der Waals surface area contributed by atoms with Crippen molar-refractivity contribution in [1.29, 1.82) is 0 Å². The number of Topliss-reactive ketones (excluding diaryl/α,β-unsaturated/α-hetero) is 1. The molecule has 0 atom stereocenters. The minimum atomic E-state index is -1.34. The van der Waals surface area contributed by atoms with Crippen LogP contribution >= 0.6 is 0 Å². The Balaban J connectivity index is 2.76. The smallest absolute Gasteiger partial charge is 0.427 e. The summed E-state index contributed by atoms with van der Waals surface area (Å²) < 4.78 is 0. The topological polar surface area (TPSA) is 57.5 Å². The number of ketones is 1. The molecule has 0 aliphatic carbocycles. The molecule has 0 amide bonds.